The third kappa shape index (κ3) is 1.90. The van der Waals surface area contributed by atoms with Crippen LogP contribution in [0.3, 0.4) is 0 Å². The highest BCUT2D eigenvalue weighted by Gasteiger charge is 2.07. The molecule has 0 spiro atoms. The lowest BCUT2D eigenvalue weighted by molar-refractivity contribution is 1.09. The zero-order valence-electron chi connectivity index (χ0n) is 10.2. The van der Waals surface area contributed by atoms with Crippen molar-refractivity contribution < 1.29 is 0 Å². The van der Waals surface area contributed by atoms with Crippen molar-refractivity contribution in [2.75, 3.05) is 0 Å². The molecule has 3 aromatic heterocycles. The van der Waals surface area contributed by atoms with E-state index in [2.05, 4.69) is 34.4 Å². The minimum absolute atomic E-state index is 0.793. The van der Waals surface area contributed by atoms with Gasteiger partial charge >= 0.3 is 0 Å². The van der Waals surface area contributed by atoms with Crippen LogP contribution in [0.4, 0.5) is 0 Å². The molecule has 0 unspecified atom stereocenters. The fourth-order valence-corrected chi connectivity index (χ4v) is 3.21. The first-order valence-electron chi connectivity index (χ1n) is 6.15. The lowest BCUT2D eigenvalue weighted by Crippen LogP contribution is -1.86. The van der Waals surface area contributed by atoms with Gasteiger partial charge in [0.15, 0.2) is 0 Å². The van der Waals surface area contributed by atoms with Gasteiger partial charge in [0, 0.05) is 18.8 Å². The third-order valence-electron chi connectivity index (χ3n) is 3.08. The summed E-state index contributed by atoms with van der Waals surface area (Å²) in [7, 11) is 0. The summed E-state index contributed by atoms with van der Waals surface area (Å²) >= 11 is 1.74. The van der Waals surface area contributed by atoms with Crippen LogP contribution < -0.4 is 0 Å². The molecular weight excluding hydrogens is 254 g/mol. The number of hydrogen-bond acceptors (Lipinski definition) is 3. The van der Waals surface area contributed by atoms with E-state index in [0.717, 1.165) is 28.3 Å². The van der Waals surface area contributed by atoms with Crippen molar-refractivity contribution in [1.82, 2.24) is 14.4 Å². The van der Waals surface area contributed by atoms with Crippen LogP contribution in [0, 0.1) is 0 Å². The molecule has 92 valence electrons. The van der Waals surface area contributed by atoms with Gasteiger partial charge in [0.05, 0.1) is 20.9 Å². The van der Waals surface area contributed by atoms with Crippen LogP contribution in [-0.2, 0) is 6.42 Å². The normalized spacial score (nSPS) is 11.4. The molecule has 0 N–H and O–H groups in total. The molecule has 1 aromatic carbocycles. The van der Waals surface area contributed by atoms with Gasteiger partial charge in [0.25, 0.3) is 0 Å². The van der Waals surface area contributed by atoms with E-state index in [1.165, 1.54) is 4.70 Å². The molecule has 0 amide bonds. The second-order valence-electron chi connectivity index (χ2n) is 4.45. The molecule has 4 rings (SSSR count). The monoisotopic (exact) mass is 265 g/mol. The molecular formula is C15H11N3S. The number of thiazole rings is 1. The van der Waals surface area contributed by atoms with Crippen LogP contribution in [0.2, 0.25) is 0 Å². The fourth-order valence-electron chi connectivity index (χ4n) is 2.22. The van der Waals surface area contributed by atoms with Crippen molar-refractivity contribution in [1.29, 1.82) is 0 Å². The van der Waals surface area contributed by atoms with Crippen molar-refractivity contribution in [2.45, 2.75) is 6.42 Å². The molecule has 0 radical (unpaired) electrons. The smallest absolute Gasteiger partial charge is 0.136 e. The van der Waals surface area contributed by atoms with Crippen molar-refractivity contribution in [2.24, 2.45) is 0 Å². The van der Waals surface area contributed by atoms with Crippen LogP contribution in [0.5, 0.6) is 0 Å². The first-order chi connectivity index (χ1) is 9.38. The molecule has 3 nitrogen and oxygen atoms in total. The average Bonchev–Trinajstić information content (AvgIpc) is 3.00. The van der Waals surface area contributed by atoms with E-state index in [4.69, 9.17) is 0 Å². The number of rotatable bonds is 2. The van der Waals surface area contributed by atoms with Gasteiger partial charge in [0.1, 0.15) is 5.65 Å². The topological polar surface area (TPSA) is 30.2 Å². The lowest BCUT2D eigenvalue weighted by Gasteiger charge is -1.88. The number of hydrogen-bond donors (Lipinski definition) is 0. The molecule has 0 atom stereocenters. The maximum Gasteiger partial charge on any atom is 0.136 e. The number of fused-ring (bicyclic) bond motifs is 2. The van der Waals surface area contributed by atoms with Crippen molar-refractivity contribution in [3.8, 4) is 0 Å². The van der Waals surface area contributed by atoms with Crippen LogP contribution >= 0.6 is 11.3 Å². The first-order valence-corrected chi connectivity index (χ1v) is 6.97. The Labute approximate surface area is 114 Å². The number of para-hydroxylation sites is 1. The Morgan fingerprint density at radius 1 is 1.00 bits per heavy atom. The number of aromatic nitrogens is 3. The van der Waals surface area contributed by atoms with E-state index in [1.807, 2.05) is 34.9 Å². The van der Waals surface area contributed by atoms with Crippen molar-refractivity contribution in [3.63, 3.8) is 0 Å². The van der Waals surface area contributed by atoms with Crippen LogP contribution in [0.15, 0.2) is 54.9 Å². The SMILES string of the molecule is c1ccc2sc(Cc3cn4ccccc4n3)nc2c1. The van der Waals surface area contributed by atoms with Gasteiger partial charge in [-0.25, -0.2) is 9.97 Å². The standard InChI is InChI=1S/C15H11N3S/c1-2-6-13-12(5-1)17-15(19-13)9-11-10-18-8-4-3-7-14(18)16-11/h1-8,10H,9H2. The second-order valence-corrected chi connectivity index (χ2v) is 5.57. The summed E-state index contributed by atoms with van der Waals surface area (Å²) in [5, 5.41) is 1.12. The summed E-state index contributed by atoms with van der Waals surface area (Å²) in [5.41, 5.74) is 3.12. The molecule has 0 bridgehead atoms. The molecule has 0 aliphatic heterocycles. The summed E-state index contributed by atoms with van der Waals surface area (Å²) < 4.78 is 3.28. The van der Waals surface area contributed by atoms with Gasteiger partial charge in [-0.3, -0.25) is 0 Å². The minimum Gasteiger partial charge on any atom is -0.307 e. The van der Waals surface area contributed by atoms with E-state index >= 15 is 0 Å². The number of imidazole rings is 1. The fraction of sp³-hybridized carbons (Fsp3) is 0.0667. The summed E-state index contributed by atoms with van der Waals surface area (Å²) in [5.74, 6) is 0. The predicted molar refractivity (Wildman–Crippen MR) is 77.6 cm³/mol. The Balaban J connectivity index is 1.73. The molecule has 0 saturated carbocycles. The number of nitrogens with zero attached hydrogens (tertiary/aromatic N) is 3. The molecule has 0 aliphatic rings. The van der Waals surface area contributed by atoms with E-state index in [-0.39, 0.29) is 0 Å². The maximum absolute atomic E-state index is 4.65. The Bertz CT molecular complexity index is 722. The van der Waals surface area contributed by atoms with E-state index < -0.39 is 0 Å². The predicted octanol–water partition coefficient (Wildman–Crippen LogP) is 3.53. The zero-order chi connectivity index (χ0) is 12.7. The summed E-state index contributed by atoms with van der Waals surface area (Å²) in [6.45, 7) is 0. The van der Waals surface area contributed by atoms with Gasteiger partial charge in [-0.1, -0.05) is 18.2 Å². The zero-order valence-corrected chi connectivity index (χ0v) is 11.0. The van der Waals surface area contributed by atoms with Gasteiger partial charge in [-0.05, 0) is 24.3 Å². The molecule has 0 fully saturated rings. The number of pyridine rings is 1. The Morgan fingerprint density at radius 3 is 2.79 bits per heavy atom. The average molecular weight is 265 g/mol. The molecule has 4 aromatic rings. The molecule has 4 heteroatoms. The molecule has 0 aliphatic carbocycles. The van der Waals surface area contributed by atoms with Gasteiger partial charge in [-0.2, -0.15) is 0 Å². The van der Waals surface area contributed by atoms with Crippen molar-refractivity contribution >= 4 is 27.2 Å². The largest absolute Gasteiger partial charge is 0.307 e. The van der Waals surface area contributed by atoms with E-state index in [1.54, 1.807) is 11.3 Å². The highest BCUT2D eigenvalue weighted by atomic mass is 32.1. The maximum atomic E-state index is 4.65. The highest BCUT2D eigenvalue weighted by molar-refractivity contribution is 7.18. The first kappa shape index (κ1) is 10.7. The quantitative estimate of drug-likeness (QED) is 0.555. The van der Waals surface area contributed by atoms with Crippen molar-refractivity contribution in [3.05, 3.63) is 65.6 Å². The van der Waals surface area contributed by atoms with Gasteiger partial charge in [-0.15, -0.1) is 11.3 Å². The highest BCUT2D eigenvalue weighted by Crippen LogP contribution is 2.23. The molecule has 3 heterocycles. The van der Waals surface area contributed by atoms with Crippen LogP contribution in [0.1, 0.15) is 10.7 Å². The third-order valence-corrected chi connectivity index (χ3v) is 4.12. The second kappa shape index (κ2) is 4.17. The van der Waals surface area contributed by atoms with Gasteiger partial charge < -0.3 is 4.40 Å². The van der Waals surface area contributed by atoms with E-state index in [0.29, 0.717) is 0 Å². The number of benzene rings is 1. The van der Waals surface area contributed by atoms with Crippen LogP contribution in [0.25, 0.3) is 15.9 Å². The summed E-state index contributed by atoms with van der Waals surface area (Å²) in [6, 6.07) is 14.3. The van der Waals surface area contributed by atoms with Gasteiger partial charge in [0.2, 0.25) is 0 Å². The lowest BCUT2D eigenvalue weighted by atomic mass is 10.3. The van der Waals surface area contributed by atoms with E-state index in [9.17, 15) is 0 Å². The van der Waals surface area contributed by atoms with Crippen LogP contribution in [-0.4, -0.2) is 14.4 Å². The minimum atomic E-state index is 0.793. The molecule has 0 saturated heterocycles. The Hall–Kier alpha value is -2.20. The Morgan fingerprint density at radius 2 is 1.89 bits per heavy atom. The Kier molecular flexibility index (Phi) is 2.35. The summed E-state index contributed by atoms with van der Waals surface area (Å²) in [6.07, 6.45) is 4.88. The molecule has 19 heavy (non-hydrogen) atoms. The summed E-state index contributed by atoms with van der Waals surface area (Å²) in [4.78, 5) is 9.26.